The maximum absolute atomic E-state index is 12.6. The summed E-state index contributed by atoms with van der Waals surface area (Å²) < 4.78 is 5.32. The van der Waals surface area contributed by atoms with Crippen LogP contribution in [0.15, 0.2) is 24.3 Å². The molecule has 0 bridgehead atoms. The van der Waals surface area contributed by atoms with Crippen molar-refractivity contribution >= 4 is 17.5 Å². The Balaban J connectivity index is 1.84. The molecule has 0 spiro atoms. The number of anilines is 1. The van der Waals surface area contributed by atoms with Crippen molar-refractivity contribution in [1.29, 1.82) is 0 Å². The Labute approximate surface area is 168 Å². The minimum atomic E-state index is -0.509. The SMILES string of the molecule is CCC(CC)(CN)C(=O)NCc1cccc(NC(=O)CCN2CCOCC2)c1. The molecule has 1 fully saturated rings. The quantitative estimate of drug-likeness (QED) is 0.565. The maximum atomic E-state index is 12.6. The molecule has 7 heteroatoms. The van der Waals surface area contributed by atoms with Crippen molar-refractivity contribution in [3.8, 4) is 0 Å². The molecule has 2 amide bonds. The lowest BCUT2D eigenvalue weighted by Gasteiger charge is -2.28. The number of nitrogens with two attached hydrogens (primary N) is 1. The summed E-state index contributed by atoms with van der Waals surface area (Å²) >= 11 is 0. The molecule has 7 nitrogen and oxygen atoms in total. The minimum Gasteiger partial charge on any atom is -0.379 e. The maximum Gasteiger partial charge on any atom is 0.227 e. The molecular formula is C21H34N4O3. The average Bonchev–Trinajstić information content (AvgIpc) is 2.73. The highest BCUT2D eigenvalue weighted by atomic mass is 16.5. The fourth-order valence-electron chi connectivity index (χ4n) is 3.39. The van der Waals surface area contributed by atoms with Crippen LogP contribution in [0.1, 0.15) is 38.7 Å². The summed E-state index contributed by atoms with van der Waals surface area (Å²) in [5.41, 5.74) is 7.02. The van der Waals surface area contributed by atoms with E-state index in [0.29, 0.717) is 32.4 Å². The van der Waals surface area contributed by atoms with Crippen LogP contribution in [-0.2, 0) is 20.9 Å². The Morgan fingerprint density at radius 1 is 1.21 bits per heavy atom. The molecule has 1 aromatic carbocycles. The first-order chi connectivity index (χ1) is 13.5. The van der Waals surface area contributed by atoms with Gasteiger partial charge in [-0.1, -0.05) is 26.0 Å². The topological polar surface area (TPSA) is 96.7 Å². The van der Waals surface area contributed by atoms with Crippen LogP contribution in [0, 0.1) is 5.41 Å². The third-order valence-electron chi connectivity index (χ3n) is 5.65. The van der Waals surface area contributed by atoms with E-state index < -0.39 is 5.41 Å². The Morgan fingerprint density at radius 3 is 2.57 bits per heavy atom. The van der Waals surface area contributed by atoms with Gasteiger partial charge in [0.05, 0.1) is 18.6 Å². The highest BCUT2D eigenvalue weighted by molar-refractivity contribution is 5.90. The molecule has 1 aliphatic rings. The van der Waals surface area contributed by atoms with Crippen LogP contribution in [0.25, 0.3) is 0 Å². The van der Waals surface area contributed by atoms with Gasteiger partial charge in [0, 0.05) is 44.8 Å². The molecular weight excluding hydrogens is 356 g/mol. The van der Waals surface area contributed by atoms with E-state index in [1.807, 2.05) is 38.1 Å². The van der Waals surface area contributed by atoms with E-state index in [1.54, 1.807) is 0 Å². The van der Waals surface area contributed by atoms with Crippen molar-refractivity contribution in [1.82, 2.24) is 10.2 Å². The van der Waals surface area contributed by atoms with Crippen molar-refractivity contribution in [2.75, 3.05) is 44.7 Å². The molecule has 1 saturated heterocycles. The van der Waals surface area contributed by atoms with Gasteiger partial charge in [0.2, 0.25) is 11.8 Å². The normalized spacial score (nSPS) is 15.2. The summed E-state index contributed by atoms with van der Waals surface area (Å²) in [5.74, 6) is -0.0215. The van der Waals surface area contributed by atoms with Crippen molar-refractivity contribution in [3.05, 3.63) is 29.8 Å². The number of carbonyl (C=O) groups excluding carboxylic acids is 2. The highest BCUT2D eigenvalue weighted by Crippen LogP contribution is 2.25. The summed E-state index contributed by atoms with van der Waals surface area (Å²) in [5, 5.41) is 5.93. The monoisotopic (exact) mass is 390 g/mol. The third kappa shape index (κ3) is 6.29. The number of ether oxygens (including phenoxy) is 1. The van der Waals surface area contributed by atoms with Gasteiger partial charge in [0.25, 0.3) is 0 Å². The van der Waals surface area contributed by atoms with Crippen LogP contribution in [0.5, 0.6) is 0 Å². The minimum absolute atomic E-state index is 0.00760. The number of amides is 2. The summed E-state index contributed by atoms with van der Waals surface area (Å²) in [6.45, 7) is 8.69. The van der Waals surface area contributed by atoms with Gasteiger partial charge in [-0.05, 0) is 30.5 Å². The van der Waals surface area contributed by atoms with Crippen molar-refractivity contribution in [2.45, 2.75) is 39.7 Å². The fourth-order valence-corrected chi connectivity index (χ4v) is 3.39. The first kappa shape index (κ1) is 22.3. The number of nitrogens with one attached hydrogen (secondary N) is 2. The molecule has 0 unspecified atom stereocenters. The van der Waals surface area contributed by atoms with Gasteiger partial charge in [-0.3, -0.25) is 14.5 Å². The van der Waals surface area contributed by atoms with Crippen LogP contribution in [0.2, 0.25) is 0 Å². The van der Waals surface area contributed by atoms with Crippen LogP contribution < -0.4 is 16.4 Å². The first-order valence-corrected chi connectivity index (χ1v) is 10.2. The molecule has 28 heavy (non-hydrogen) atoms. The summed E-state index contributed by atoms with van der Waals surface area (Å²) in [6.07, 6.45) is 1.88. The zero-order chi connectivity index (χ0) is 20.4. The number of benzene rings is 1. The van der Waals surface area contributed by atoms with E-state index in [1.165, 1.54) is 0 Å². The number of carbonyl (C=O) groups is 2. The predicted octanol–water partition coefficient (Wildman–Crippen LogP) is 1.73. The highest BCUT2D eigenvalue weighted by Gasteiger charge is 2.32. The lowest BCUT2D eigenvalue weighted by atomic mass is 9.81. The van der Waals surface area contributed by atoms with E-state index in [2.05, 4.69) is 15.5 Å². The molecule has 0 aliphatic carbocycles. The van der Waals surface area contributed by atoms with Crippen molar-refractivity contribution < 1.29 is 14.3 Å². The predicted molar refractivity (Wildman–Crippen MR) is 111 cm³/mol. The third-order valence-corrected chi connectivity index (χ3v) is 5.65. The van der Waals surface area contributed by atoms with E-state index in [4.69, 9.17) is 10.5 Å². The summed E-state index contributed by atoms with van der Waals surface area (Å²) in [7, 11) is 0. The lowest BCUT2D eigenvalue weighted by Crippen LogP contribution is -2.45. The number of hydrogen-bond donors (Lipinski definition) is 3. The molecule has 0 saturated carbocycles. The standard InChI is InChI=1S/C21H34N4O3/c1-3-21(4-2,16-22)20(27)23-15-17-6-5-7-18(14-17)24-19(26)8-9-25-10-12-28-13-11-25/h5-7,14H,3-4,8-13,15-16,22H2,1-2H3,(H,23,27)(H,24,26). The zero-order valence-corrected chi connectivity index (χ0v) is 17.1. The molecule has 0 aromatic heterocycles. The van der Waals surface area contributed by atoms with E-state index in [0.717, 1.165) is 44.1 Å². The Kier molecular flexibility index (Phi) is 8.89. The number of nitrogens with zero attached hydrogens (tertiary/aromatic N) is 1. The van der Waals surface area contributed by atoms with Crippen LogP contribution in [0.4, 0.5) is 5.69 Å². The zero-order valence-electron chi connectivity index (χ0n) is 17.1. The van der Waals surface area contributed by atoms with Gasteiger partial charge in [0.1, 0.15) is 0 Å². The van der Waals surface area contributed by atoms with E-state index in [-0.39, 0.29) is 11.8 Å². The van der Waals surface area contributed by atoms with Gasteiger partial charge >= 0.3 is 0 Å². The molecule has 2 rings (SSSR count). The Bertz CT molecular complexity index is 632. The van der Waals surface area contributed by atoms with Crippen LogP contribution in [0.3, 0.4) is 0 Å². The van der Waals surface area contributed by atoms with Gasteiger partial charge in [-0.15, -0.1) is 0 Å². The van der Waals surface area contributed by atoms with Gasteiger partial charge in [0.15, 0.2) is 0 Å². The van der Waals surface area contributed by atoms with E-state index in [9.17, 15) is 9.59 Å². The second-order valence-corrected chi connectivity index (χ2v) is 7.33. The molecule has 4 N–H and O–H groups in total. The summed E-state index contributed by atoms with van der Waals surface area (Å²) in [4.78, 5) is 27.0. The largest absolute Gasteiger partial charge is 0.379 e. The second kappa shape index (κ2) is 11.1. The number of rotatable bonds is 10. The second-order valence-electron chi connectivity index (χ2n) is 7.33. The Morgan fingerprint density at radius 2 is 1.93 bits per heavy atom. The van der Waals surface area contributed by atoms with Crippen molar-refractivity contribution in [3.63, 3.8) is 0 Å². The molecule has 1 aromatic rings. The summed E-state index contributed by atoms with van der Waals surface area (Å²) in [6, 6.07) is 7.58. The molecule has 0 atom stereocenters. The molecule has 1 aliphatic heterocycles. The number of hydrogen-bond acceptors (Lipinski definition) is 5. The fraction of sp³-hybridized carbons (Fsp3) is 0.619. The van der Waals surface area contributed by atoms with E-state index >= 15 is 0 Å². The lowest BCUT2D eigenvalue weighted by molar-refractivity contribution is -0.131. The van der Waals surface area contributed by atoms with Crippen molar-refractivity contribution in [2.24, 2.45) is 11.1 Å². The average molecular weight is 391 g/mol. The Hall–Kier alpha value is -1.96. The van der Waals surface area contributed by atoms with Gasteiger partial charge < -0.3 is 21.1 Å². The van der Waals surface area contributed by atoms with Crippen LogP contribution in [-0.4, -0.2) is 56.1 Å². The number of morpholine rings is 1. The molecule has 0 radical (unpaired) electrons. The molecule has 1 heterocycles. The van der Waals surface area contributed by atoms with Gasteiger partial charge in [-0.2, -0.15) is 0 Å². The smallest absolute Gasteiger partial charge is 0.227 e. The van der Waals surface area contributed by atoms with Gasteiger partial charge in [-0.25, -0.2) is 0 Å². The first-order valence-electron chi connectivity index (χ1n) is 10.2. The van der Waals surface area contributed by atoms with Crippen LogP contribution >= 0.6 is 0 Å². The molecule has 156 valence electrons.